The van der Waals surface area contributed by atoms with Gasteiger partial charge in [-0.2, -0.15) is 0 Å². The molecule has 0 radical (unpaired) electrons. The molecule has 31 heavy (non-hydrogen) atoms. The topological polar surface area (TPSA) is 68.7 Å². The molecular formula is C25H27NO4S. The highest BCUT2D eigenvalue weighted by Gasteiger charge is 2.24. The van der Waals surface area contributed by atoms with Gasteiger partial charge in [0.1, 0.15) is 16.5 Å². The van der Waals surface area contributed by atoms with E-state index in [1.165, 1.54) is 5.56 Å². The van der Waals surface area contributed by atoms with Crippen LogP contribution in [0.15, 0.2) is 47.8 Å². The Hall–Kier alpha value is -2.86. The summed E-state index contributed by atoms with van der Waals surface area (Å²) in [5.74, 6) is 1.08. The van der Waals surface area contributed by atoms with Crippen LogP contribution in [0.5, 0.6) is 11.5 Å². The number of hydrogen-bond acceptors (Lipinski definition) is 5. The number of benzene rings is 2. The van der Waals surface area contributed by atoms with E-state index in [2.05, 4.69) is 23.4 Å². The number of aliphatic carboxylic acids is 1. The molecule has 0 fully saturated rings. The van der Waals surface area contributed by atoms with Gasteiger partial charge in [-0.25, -0.2) is 4.98 Å². The average molecular weight is 438 g/mol. The van der Waals surface area contributed by atoms with Crippen molar-refractivity contribution in [2.45, 2.75) is 44.9 Å². The second-order valence-corrected chi connectivity index (χ2v) is 8.62. The first kappa shape index (κ1) is 21.4. The fourth-order valence-corrected chi connectivity index (χ4v) is 4.84. The number of nitrogens with zero attached hydrogens (tertiary/aromatic N) is 1. The third-order valence-electron chi connectivity index (χ3n) is 5.58. The molecule has 1 aromatic heterocycles. The first-order valence-electron chi connectivity index (χ1n) is 10.8. The van der Waals surface area contributed by atoms with E-state index in [-0.39, 0.29) is 12.3 Å². The van der Waals surface area contributed by atoms with Gasteiger partial charge < -0.3 is 14.6 Å². The molecule has 4 rings (SSSR count). The van der Waals surface area contributed by atoms with Gasteiger partial charge in [0.2, 0.25) is 0 Å². The van der Waals surface area contributed by atoms with Gasteiger partial charge in [-0.3, -0.25) is 4.79 Å². The summed E-state index contributed by atoms with van der Waals surface area (Å²) in [6.07, 6.45) is 3.77. The molecule has 1 atom stereocenters. The van der Waals surface area contributed by atoms with E-state index >= 15 is 0 Å². The van der Waals surface area contributed by atoms with Crippen molar-refractivity contribution in [1.29, 1.82) is 0 Å². The van der Waals surface area contributed by atoms with Gasteiger partial charge in [0.05, 0.1) is 25.3 Å². The predicted molar refractivity (Wildman–Crippen MR) is 122 cm³/mol. The summed E-state index contributed by atoms with van der Waals surface area (Å²) in [6, 6.07) is 14.1. The molecule has 1 aliphatic rings. The molecule has 6 heteroatoms. The van der Waals surface area contributed by atoms with Crippen LogP contribution in [0.25, 0.3) is 10.6 Å². The number of rotatable bonds is 10. The summed E-state index contributed by atoms with van der Waals surface area (Å²) in [4.78, 5) is 15.6. The Bertz CT molecular complexity index is 1030. The fraction of sp³-hybridized carbons (Fsp3) is 0.360. The van der Waals surface area contributed by atoms with Crippen LogP contribution in [0, 0.1) is 0 Å². The number of carboxylic acid groups (broad SMARTS) is 1. The van der Waals surface area contributed by atoms with Crippen molar-refractivity contribution in [3.63, 3.8) is 0 Å². The van der Waals surface area contributed by atoms with Crippen molar-refractivity contribution >= 4 is 17.3 Å². The van der Waals surface area contributed by atoms with Gasteiger partial charge in [0.15, 0.2) is 0 Å². The molecule has 3 aromatic rings. The molecule has 1 heterocycles. The van der Waals surface area contributed by atoms with Crippen LogP contribution in [-0.4, -0.2) is 29.3 Å². The lowest BCUT2D eigenvalue weighted by molar-refractivity contribution is -0.137. The summed E-state index contributed by atoms with van der Waals surface area (Å²) in [5, 5.41) is 12.2. The maximum atomic E-state index is 11.0. The van der Waals surface area contributed by atoms with E-state index in [1.807, 2.05) is 36.4 Å². The lowest BCUT2D eigenvalue weighted by Crippen LogP contribution is -2.05. The highest BCUT2D eigenvalue weighted by molar-refractivity contribution is 7.13. The largest absolute Gasteiger partial charge is 0.493 e. The Balaban J connectivity index is 1.21. The molecule has 0 saturated carbocycles. The minimum atomic E-state index is -0.735. The van der Waals surface area contributed by atoms with E-state index in [0.717, 1.165) is 59.0 Å². The van der Waals surface area contributed by atoms with Gasteiger partial charge in [0, 0.05) is 17.4 Å². The van der Waals surface area contributed by atoms with Crippen LogP contribution in [-0.2, 0) is 17.6 Å². The van der Waals surface area contributed by atoms with E-state index in [1.54, 1.807) is 11.3 Å². The normalized spacial score (nSPS) is 14.9. The first-order chi connectivity index (χ1) is 15.1. The minimum Gasteiger partial charge on any atom is -0.493 e. The van der Waals surface area contributed by atoms with E-state index in [0.29, 0.717) is 13.2 Å². The second kappa shape index (κ2) is 9.96. The van der Waals surface area contributed by atoms with Crippen molar-refractivity contribution in [3.8, 4) is 22.1 Å². The zero-order chi connectivity index (χ0) is 21.6. The highest BCUT2D eigenvalue weighted by Crippen LogP contribution is 2.37. The van der Waals surface area contributed by atoms with Gasteiger partial charge in [-0.05, 0) is 72.7 Å². The van der Waals surface area contributed by atoms with Crippen molar-refractivity contribution in [1.82, 2.24) is 4.98 Å². The van der Waals surface area contributed by atoms with Crippen molar-refractivity contribution in [2.75, 3.05) is 13.2 Å². The van der Waals surface area contributed by atoms with E-state index < -0.39 is 5.97 Å². The maximum absolute atomic E-state index is 11.0. The first-order valence-corrected chi connectivity index (χ1v) is 11.7. The molecule has 1 aliphatic carbocycles. The molecule has 0 spiro atoms. The minimum absolute atomic E-state index is 0.130. The molecule has 1 N–H and O–H groups in total. The fourth-order valence-electron chi connectivity index (χ4n) is 3.93. The van der Waals surface area contributed by atoms with Crippen molar-refractivity contribution in [2.24, 2.45) is 0 Å². The Morgan fingerprint density at radius 1 is 1.13 bits per heavy atom. The third kappa shape index (κ3) is 5.44. The second-order valence-electron chi connectivity index (χ2n) is 7.77. The number of aromatic nitrogens is 1. The lowest BCUT2D eigenvalue weighted by Gasteiger charge is -2.11. The molecule has 162 valence electrons. The highest BCUT2D eigenvalue weighted by atomic mass is 32.1. The quantitative estimate of drug-likeness (QED) is 0.411. The molecule has 0 amide bonds. The maximum Gasteiger partial charge on any atom is 0.303 e. The van der Waals surface area contributed by atoms with Crippen molar-refractivity contribution in [3.05, 3.63) is 64.7 Å². The standard InChI is InChI=1S/C25H27NO4S/c1-2-20-16-31-25(26-20)17-6-8-21(9-7-17)29-12-3-13-30-22-10-11-23-18(14-22)4-5-19(23)15-24(27)28/h6-11,14,16,19H,2-5,12-13,15H2,1H3,(H,27,28)/t19-/m0/s1. The average Bonchev–Trinajstić information content (AvgIpc) is 3.41. The summed E-state index contributed by atoms with van der Waals surface area (Å²) in [6.45, 7) is 3.28. The Morgan fingerprint density at radius 2 is 1.87 bits per heavy atom. The van der Waals surface area contributed by atoms with Crippen LogP contribution in [0.2, 0.25) is 0 Å². The van der Waals surface area contributed by atoms with Gasteiger partial charge >= 0.3 is 5.97 Å². The van der Waals surface area contributed by atoms with Gasteiger partial charge in [-0.15, -0.1) is 11.3 Å². The van der Waals surface area contributed by atoms with Gasteiger partial charge in [-0.1, -0.05) is 13.0 Å². The number of fused-ring (bicyclic) bond motifs is 1. The molecule has 0 unspecified atom stereocenters. The summed E-state index contributed by atoms with van der Waals surface area (Å²) in [5.41, 5.74) is 4.61. The smallest absolute Gasteiger partial charge is 0.303 e. The number of carbonyl (C=O) groups is 1. The van der Waals surface area contributed by atoms with Crippen LogP contribution in [0.3, 0.4) is 0 Å². The molecule has 0 aliphatic heterocycles. The number of ether oxygens (including phenoxy) is 2. The van der Waals surface area contributed by atoms with Crippen LogP contribution in [0.1, 0.15) is 48.9 Å². The summed E-state index contributed by atoms with van der Waals surface area (Å²) in [7, 11) is 0. The SMILES string of the molecule is CCc1csc(-c2ccc(OCCCOc3ccc4c(c3)CC[C@H]4CC(=O)O)cc2)n1. The summed E-state index contributed by atoms with van der Waals surface area (Å²) >= 11 is 1.67. The number of carboxylic acids is 1. The molecule has 0 bridgehead atoms. The van der Waals surface area contributed by atoms with Crippen LogP contribution in [0.4, 0.5) is 0 Å². The van der Waals surface area contributed by atoms with Crippen molar-refractivity contribution < 1.29 is 19.4 Å². The Labute approximate surface area is 186 Å². The van der Waals surface area contributed by atoms with E-state index in [4.69, 9.17) is 14.6 Å². The molecule has 0 saturated heterocycles. The Morgan fingerprint density at radius 3 is 2.58 bits per heavy atom. The lowest BCUT2D eigenvalue weighted by atomic mass is 9.98. The van der Waals surface area contributed by atoms with Crippen LogP contribution < -0.4 is 9.47 Å². The molecule has 5 nitrogen and oxygen atoms in total. The molecular weight excluding hydrogens is 410 g/mol. The zero-order valence-electron chi connectivity index (χ0n) is 17.7. The molecule has 2 aromatic carbocycles. The van der Waals surface area contributed by atoms with Crippen LogP contribution >= 0.6 is 11.3 Å². The third-order valence-corrected chi connectivity index (χ3v) is 6.52. The van der Waals surface area contributed by atoms with E-state index in [9.17, 15) is 4.79 Å². The zero-order valence-corrected chi connectivity index (χ0v) is 18.5. The number of thiazole rings is 1. The van der Waals surface area contributed by atoms with Gasteiger partial charge in [0.25, 0.3) is 0 Å². The monoisotopic (exact) mass is 437 g/mol. The summed E-state index contributed by atoms with van der Waals surface area (Å²) < 4.78 is 11.7. The Kier molecular flexibility index (Phi) is 6.87. The number of hydrogen-bond donors (Lipinski definition) is 1. The predicted octanol–water partition coefficient (Wildman–Crippen LogP) is 5.72. The number of aryl methyl sites for hydroxylation is 2.